The molecule has 0 radical (unpaired) electrons. The third kappa shape index (κ3) is 4.54. The Morgan fingerprint density at radius 1 is 1.07 bits per heavy atom. The van der Waals surface area contributed by atoms with Crippen molar-refractivity contribution in [2.24, 2.45) is 0 Å². The molecular weight excluding hydrogens is 370 g/mol. The van der Waals surface area contributed by atoms with Gasteiger partial charge in [-0.05, 0) is 32.4 Å². The summed E-state index contributed by atoms with van der Waals surface area (Å²) in [5, 5.41) is 3.14. The van der Waals surface area contributed by atoms with E-state index in [0.717, 1.165) is 5.56 Å². The summed E-state index contributed by atoms with van der Waals surface area (Å²) in [5.74, 6) is -0.197. The fourth-order valence-corrected chi connectivity index (χ4v) is 3.12. The van der Waals surface area contributed by atoms with Crippen molar-refractivity contribution in [2.75, 3.05) is 13.2 Å². The van der Waals surface area contributed by atoms with Crippen LogP contribution in [0.15, 0.2) is 57.7 Å². The SMILES string of the molecule is CCOC(=O)CCCNC(=O)c1cccc2c(=O)c(C)c(-c3ccccc3)oc12. The van der Waals surface area contributed by atoms with Crippen molar-refractivity contribution >= 4 is 22.8 Å². The van der Waals surface area contributed by atoms with Crippen molar-refractivity contribution in [2.45, 2.75) is 26.7 Å². The van der Waals surface area contributed by atoms with Crippen molar-refractivity contribution in [3.05, 3.63) is 69.9 Å². The number of amides is 1. The predicted octanol–water partition coefficient (Wildman–Crippen LogP) is 3.84. The van der Waals surface area contributed by atoms with Crippen molar-refractivity contribution in [1.29, 1.82) is 0 Å². The molecule has 0 saturated carbocycles. The van der Waals surface area contributed by atoms with Crippen LogP contribution in [0.2, 0.25) is 0 Å². The summed E-state index contributed by atoms with van der Waals surface area (Å²) >= 11 is 0. The maximum absolute atomic E-state index is 12.9. The molecule has 0 spiro atoms. The monoisotopic (exact) mass is 393 g/mol. The predicted molar refractivity (Wildman–Crippen MR) is 111 cm³/mol. The Morgan fingerprint density at radius 2 is 1.83 bits per heavy atom. The van der Waals surface area contributed by atoms with Gasteiger partial charge >= 0.3 is 5.97 Å². The van der Waals surface area contributed by atoms with Gasteiger partial charge in [-0.3, -0.25) is 14.4 Å². The molecule has 0 saturated heterocycles. The number of fused-ring (bicyclic) bond motifs is 1. The maximum Gasteiger partial charge on any atom is 0.305 e. The first-order chi connectivity index (χ1) is 14.0. The molecule has 6 nitrogen and oxygen atoms in total. The minimum absolute atomic E-state index is 0.165. The van der Waals surface area contributed by atoms with Crippen molar-refractivity contribution in [3.8, 4) is 11.3 Å². The highest BCUT2D eigenvalue weighted by Crippen LogP contribution is 2.27. The van der Waals surface area contributed by atoms with E-state index in [0.29, 0.717) is 36.3 Å². The van der Waals surface area contributed by atoms with Crippen LogP contribution in [0.5, 0.6) is 0 Å². The first kappa shape index (κ1) is 20.3. The van der Waals surface area contributed by atoms with E-state index in [1.165, 1.54) is 0 Å². The number of nitrogens with one attached hydrogen (secondary N) is 1. The highest BCUT2D eigenvalue weighted by molar-refractivity contribution is 6.05. The van der Waals surface area contributed by atoms with Gasteiger partial charge in [0.15, 0.2) is 11.0 Å². The van der Waals surface area contributed by atoms with E-state index < -0.39 is 0 Å². The molecule has 0 aliphatic carbocycles. The number of rotatable bonds is 7. The topological polar surface area (TPSA) is 85.6 Å². The number of esters is 1. The minimum atomic E-state index is -0.356. The van der Waals surface area contributed by atoms with E-state index in [9.17, 15) is 14.4 Å². The molecule has 0 aliphatic rings. The lowest BCUT2D eigenvalue weighted by atomic mass is 10.0. The molecule has 0 bridgehead atoms. The van der Waals surface area contributed by atoms with Gasteiger partial charge in [0.25, 0.3) is 5.91 Å². The first-order valence-corrected chi connectivity index (χ1v) is 9.58. The van der Waals surface area contributed by atoms with Crippen molar-refractivity contribution in [3.63, 3.8) is 0 Å². The maximum atomic E-state index is 12.9. The van der Waals surface area contributed by atoms with Gasteiger partial charge in [0.1, 0.15) is 5.76 Å². The van der Waals surface area contributed by atoms with Gasteiger partial charge in [-0.2, -0.15) is 0 Å². The summed E-state index contributed by atoms with van der Waals surface area (Å²) in [6.45, 7) is 4.12. The third-order valence-corrected chi connectivity index (χ3v) is 4.57. The van der Waals surface area contributed by atoms with Gasteiger partial charge in [-0.15, -0.1) is 0 Å². The van der Waals surface area contributed by atoms with Crippen LogP contribution in [0.4, 0.5) is 0 Å². The average molecular weight is 393 g/mol. The van der Waals surface area contributed by atoms with Gasteiger partial charge in [-0.25, -0.2) is 0 Å². The summed E-state index contributed by atoms with van der Waals surface area (Å²) < 4.78 is 10.9. The van der Waals surface area contributed by atoms with E-state index >= 15 is 0 Å². The molecule has 3 rings (SSSR count). The molecule has 150 valence electrons. The molecule has 2 aromatic carbocycles. The fraction of sp³-hybridized carbons (Fsp3) is 0.261. The quantitative estimate of drug-likeness (QED) is 0.487. The first-order valence-electron chi connectivity index (χ1n) is 9.58. The number of hydrogen-bond donors (Lipinski definition) is 1. The second kappa shape index (κ2) is 9.19. The van der Waals surface area contributed by atoms with Gasteiger partial charge in [0.05, 0.1) is 17.6 Å². The Labute approximate surface area is 168 Å². The second-order valence-electron chi connectivity index (χ2n) is 6.60. The van der Waals surface area contributed by atoms with Crippen LogP contribution in [0.3, 0.4) is 0 Å². The molecule has 0 fully saturated rings. The molecule has 0 atom stereocenters. The summed E-state index contributed by atoms with van der Waals surface area (Å²) in [5.41, 5.74) is 1.64. The number of para-hydroxylation sites is 1. The third-order valence-electron chi connectivity index (χ3n) is 4.57. The van der Waals surface area contributed by atoms with Crippen LogP contribution in [-0.4, -0.2) is 25.0 Å². The largest absolute Gasteiger partial charge is 0.466 e. The highest BCUT2D eigenvalue weighted by Gasteiger charge is 2.18. The smallest absolute Gasteiger partial charge is 0.305 e. The number of carbonyl (C=O) groups excluding carboxylic acids is 2. The molecule has 0 aliphatic heterocycles. The Bertz CT molecular complexity index is 1090. The Balaban J connectivity index is 1.89. The molecule has 1 amide bonds. The molecule has 1 N–H and O–H groups in total. The van der Waals surface area contributed by atoms with Crippen LogP contribution in [0.1, 0.15) is 35.7 Å². The van der Waals surface area contributed by atoms with Crippen LogP contribution >= 0.6 is 0 Å². The molecule has 1 aromatic heterocycles. The lowest BCUT2D eigenvalue weighted by Gasteiger charge is -2.11. The van der Waals surface area contributed by atoms with E-state index in [1.807, 2.05) is 30.3 Å². The van der Waals surface area contributed by atoms with E-state index in [-0.39, 0.29) is 34.9 Å². The summed E-state index contributed by atoms with van der Waals surface area (Å²) in [6, 6.07) is 14.3. The average Bonchev–Trinajstić information content (AvgIpc) is 2.74. The fourth-order valence-electron chi connectivity index (χ4n) is 3.12. The molecule has 29 heavy (non-hydrogen) atoms. The van der Waals surface area contributed by atoms with Gasteiger partial charge in [0, 0.05) is 24.1 Å². The lowest BCUT2D eigenvalue weighted by molar-refractivity contribution is -0.143. The van der Waals surface area contributed by atoms with E-state index in [1.54, 1.807) is 32.0 Å². The number of hydrogen-bond acceptors (Lipinski definition) is 5. The molecule has 6 heteroatoms. The molecule has 0 unspecified atom stereocenters. The molecule has 3 aromatic rings. The highest BCUT2D eigenvalue weighted by atomic mass is 16.5. The van der Waals surface area contributed by atoms with Crippen LogP contribution in [0.25, 0.3) is 22.3 Å². The van der Waals surface area contributed by atoms with Crippen molar-refractivity contribution < 1.29 is 18.7 Å². The van der Waals surface area contributed by atoms with E-state index in [4.69, 9.17) is 9.15 Å². The van der Waals surface area contributed by atoms with Gasteiger partial charge < -0.3 is 14.5 Å². The van der Waals surface area contributed by atoms with Crippen LogP contribution in [0, 0.1) is 6.92 Å². The summed E-state index contributed by atoms with van der Waals surface area (Å²) in [7, 11) is 0. The lowest BCUT2D eigenvalue weighted by Crippen LogP contribution is -2.25. The van der Waals surface area contributed by atoms with Crippen LogP contribution < -0.4 is 10.7 Å². The molecule has 1 heterocycles. The van der Waals surface area contributed by atoms with Gasteiger partial charge in [-0.1, -0.05) is 36.4 Å². The van der Waals surface area contributed by atoms with E-state index in [2.05, 4.69) is 5.32 Å². The Morgan fingerprint density at radius 3 is 2.55 bits per heavy atom. The zero-order chi connectivity index (χ0) is 20.8. The standard InChI is InChI=1S/C23H23NO5/c1-3-28-19(25)13-8-14-24-23(27)18-12-7-11-17-20(26)15(2)21(29-22(17)18)16-9-5-4-6-10-16/h4-7,9-12H,3,8,13-14H2,1-2H3,(H,24,27). The molecular formula is C23H23NO5. The number of benzene rings is 2. The second-order valence-corrected chi connectivity index (χ2v) is 6.60. The zero-order valence-electron chi connectivity index (χ0n) is 16.5. The Kier molecular flexibility index (Phi) is 6.44. The minimum Gasteiger partial charge on any atom is -0.466 e. The summed E-state index contributed by atoms with van der Waals surface area (Å²) in [4.78, 5) is 36.9. The van der Waals surface area contributed by atoms with Crippen LogP contribution in [-0.2, 0) is 9.53 Å². The van der Waals surface area contributed by atoms with Gasteiger partial charge in [0.2, 0.25) is 0 Å². The summed E-state index contributed by atoms with van der Waals surface area (Å²) in [6.07, 6.45) is 0.698. The van der Waals surface area contributed by atoms with Crippen molar-refractivity contribution in [1.82, 2.24) is 5.32 Å². The Hall–Kier alpha value is -3.41. The number of carbonyl (C=O) groups is 2. The zero-order valence-corrected chi connectivity index (χ0v) is 16.5. The normalized spacial score (nSPS) is 10.7. The number of ether oxygens (including phenoxy) is 1.